The van der Waals surface area contributed by atoms with Crippen molar-refractivity contribution in [2.45, 2.75) is 6.54 Å². The van der Waals surface area contributed by atoms with Gasteiger partial charge in [0.05, 0.1) is 0 Å². The van der Waals surface area contributed by atoms with E-state index < -0.39 is 0 Å². The van der Waals surface area contributed by atoms with Gasteiger partial charge in [-0.05, 0) is 34.9 Å². The Morgan fingerprint density at radius 1 is 0.950 bits per heavy atom. The Hall–Kier alpha value is -1.35. The SMILES string of the molecule is Clc1ccc(-c2cccc(CN3CCNCC3)c2)cc1. The van der Waals surface area contributed by atoms with Gasteiger partial charge in [-0.3, -0.25) is 4.90 Å². The van der Waals surface area contributed by atoms with Gasteiger partial charge in [-0.2, -0.15) is 0 Å². The van der Waals surface area contributed by atoms with E-state index in [9.17, 15) is 0 Å². The van der Waals surface area contributed by atoms with Gasteiger partial charge in [0, 0.05) is 37.7 Å². The van der Waals surface area contributed by atoms with Crippen LogP contribution >= 0.6 is 11.6 Å². The summed E-state index contributed by atoms with van der Waals surface area (Å²) in [7, 11) is 0. The Kier molecular flexibility index (Phi) is 4.36. The van der Waals surface area contributed by atoms with Crippen LogP contribution in [0.25, 0.3) is 11.1 Å². The molecular formula is C17H19ClN2. The van der Waals surface area contributed by atoms with Crippen LogP contribution in [0.1, 0.15) is 5.56 Å². The van der Waals surface area contributed by atoms with Crippen LogP contribution in [0.4, 0.5) is 0 Å². The highest BCUT2D eigenvalue weighted by molar-refractivity contribution is 6.30. The predicted molar refractivity (Wildman–Crippen MR) is 85.0 cm³/mol. The van der Waals surface area contributed by atoms with Crippen molar-refractivity contribution in [3.63, 3.8) is 0 Å². The van der Waals surface area contributed by atoms with Gasteiger partial charge in [0.25, 0.3) is 0 Å². The van der Waals surface area contributed by atoms with Crippen molar-refractivity contribution >= 4 is 11.6 Å². The fourth-order valence-corrected chi connectivity index (χ4v) is 2.75. The fourth-order valence-electron chi connectivity index (χ4n) is 2.62. The zero-order valence-corrected chi connectivity index (χ0v) is 12.2. The van der Waals surface area contributed by atoms with Crippen molar-refractivity contribution < 1.29 is 0 Å². The van der Waals surface area contributed by atoms with Crippen molar-refractivity contribution in [2.24, 2.45) is 0 Å². The molecule has 0 atom stereocenters. The molecular weight excluding hydrogens is 268 g/mol. The highest BCUT2D eigenvalue weighted by Gasteiger charge is 2.10. The summed E-state index contributed by atoms with van der Waals surface area (Å²) in [6.07, 6.45) is 0. The maximum atomic E-state index is 5.95. The molecule has 0 radical (unpaired) electrons. The second kappa shape index (κ2) is 6.40. The molecule has 0 saturated carbocycles. The second-order valence-electron chi connectivity index (χ2n) is 5.23. The van der Waals surface area contributed by atoms with Gasteiger partial charge in [-0.25, -0.2) is 0 Å². The van der Waals surface area contributed by atoms with Crippen LogP contribution in [0.15, 0.2) is 48.5 Å². The lowest BCUT2D eigenvalue weighted by Gasteiger charge is -2.27. The first-order valence-electron chi connectivity index (χ1n) is 7.09. The molecule has 1 fully saturated rings. The Bertz CT molecular complexity index is 559. The number of hydrogen-bond acceptors (Lipinski definition) is 2. The van der Waals surface area contributed by atoms with Gasteiger partial charge in [0.1, 0.15) is 0 Å². The molecule has 3 heteroatoms. The first-order valence-corrected chi connectivity index (χ1v) is 7.47. The minimum absolute atomic E-state index is 0.783. The number of nitrogens with zero attached hydrogens (tertiary/aromatic N) is 1. The number of piperazine rings is 1. The Balaban J connectivity index is 1.76. The zero-order chi connectivity index (χ0) is 13.8. The molecule has 1 aliphatic rings. The minimum Gasteiger partial charge on any atom is -0.314 e. The molecule has 1 aliphatic heterocycles. The van der Waals surface area contributed by atoms with Crippen molar-refractivity contribution in [1.82, 2.24) is 10.2 Å². The molecule has 2 aromatic rings. The van der Waals surface area contributed by atoms with Crippen LogP contribution in [0.3, 0.4) is 0 Å². The molecule has 1 heterocycles. The molecule has 0 aromatic heterocycles. The minimum atomic E-state index is 0.783. The summed E-state index contributed by atoms with van der Waals surface area (Å²) in [5.41, 5.74) is 3.85. The molecule has 0 amide bonds. The van der Waals surface area contributed by atoms with Gasteiger partial charge in [-0.1, -0.05) is 41.9 Å². The zero-order valence-electron chi connectivity index (χ0n) is 11.5. The number of rotatable bonds is 3. The van der Waals surface area contributed by atoms with Crippen LogP contribution in [-0.4, -0.2) is 31.1 Å². The van der Waals surface area contributed by atoms with E-state index in [1.165, 1.54) is 16.7 Å². The van der Waals surface area contributed by atoms with Crippen LogP contribution < -0.4 is 5.32 Å². The molecule has 2 nitrogen and oxygen atoms in total. The normalized spacial score (nSPS) is 16.2. The van der Waals surface area contributed by atoms with E-state index in [4.69, 9.17) is 11.6 Å². The van der Waals surface area contributed by atoms with Crippen molar-refractivity contribution in [3.05, 3.63) is 59.1 Å². The average Bonchev–Trinajstić information content (AvgIpc) is 2.49. The number of nitrogens with one attached hydrogen (secondary N) is 1. The molecule has 3 rings (SSSR count). The predicted octanol–water partition coefficient (Wildman–Crippen LogP) is 3.41. The summed E-state index contributed by atoms with van der Waals surface area (Å²) in [5, 5.41) is 4.17. The first-order chi connectivity index (χ1) is 9.81. The van der Waals surface area contributed by atoms with E-state index in [2.05, 4.69) is 46.6 Å². The summed E-state index contributed by atoms with van der Waals surface area (Å²) in [6, 6.07) is 16.8. The monoisotopic (exact) mass is 286 g/mol. The Labute approximate surface area is 125 Å². The van der Waals surface area contributed by atoms with Gasteiger partial charge < -0.3 is 5.32 Å². The Morgan fingerprint density at radius 2 is 1.70 bits per heavy atom. The molecule has 0 aliphatic carbocycles. The second-order valence-corrected chi connectivity index (χ2v) is 5.67. The topological polar surface area (TPSA) is 15.3 Å². The molecule has 1 saturated heterocycles. The largest absolute Gasteiger partial charge is 0.314 e. The summed E-state index contributed by atoms with van der Waals surface area (Å²) < 4.78 is 0. The molecule has 2 aromatic carbocycles. The van der Waals surface area contributed by atoms with Crippen LogP contribution in [-0.2, 0) is 6.54 Å². The third-order valence-electron chi connectivity index (χ3n) is 3.72. The molecule has 20 heavy (non-hydrogen) atoms. The summed E-state index contributed by atoms with van der Waals surface area (Å²) >= 11 is 5.95. The fraction of sp³-hybridized carbons (Fsp3) is 0.294. The van der Waals surface area contributed by atoms with Gasteiger partial charge in [-0.15, -0.1) is 0 Å². The van der Waals surface area contributed by atoms with Crippen molar-refractivity contribution in [2.75, 3.05) is 26.2 Å². The number of halogens is 1. The van der Waals surface area contributed by atoms with Gasteiger partial charge in [0.2, 0.25) is 0 Å². The van der Waals surface area contributed by atoms with Gasteiger partial charge >= 0.3 is 0 Å². The lowest BCUT2D eigenvalue weighted by molar-refractivity contribution is 0.233. The number of hydrogen-bond donors (Lipinski definition) is 1. The average molecular weight is 287 g/mol. The van der Waals surface area contributed by atoms with Gasteiger partial charge in [0.15, 0.2) is 0 Å². The highest BCUT2D eigenvalue weighted by atomic mass is 35.5. The number of benzene rings is 2. The third-order valence-corrected chi connectivity index (χ3v) is 3.97. The van der Waals surface area contributed by atoms with E-state index in [-0.39, 0.29) is 0 Å². The molecule has 0 bridgehead atoms. The van der Waals surface area contributed by atoms with E-state index in [1.54, 1.807) is 0 Å². The first kappa shape index (κ1) is 13.6. The van der Waals surface area contributed by atoms with E-state index >= 15 is 0 Å². The summed E-state index contributed by atoms with van der Waals surface area (Å²) in [4.78, 5) is 2.50. The lowest BCUT2D eigenvalue weighted by Crippen LogP contribution is -2.42. The molecule has 104 valence electrons. The van der Waals surface area contributed by atoms with Crippen LogP contribution in [0, 0.1) is 0 Å². The smallest absolute Gasteiger partial charge is 0.0406 e. The van der Waals surface area contributed by atoms with Crippen LogP contribution in [0.5, 0.6) is 0 Å². The van der Waals surface area contributed by atoms with Crippen molar-refractivity contribution in [1.29, 1.82) is 0 Å². The standard InChI is InChI=1S/C17H19ClN2/c18-17-6-4-15(5-7-17)16-3-1-2-14(12-16)13-20-10-8-19-9-11-20/h1-7,12,19H,8-11,13H2. The van der Waals surface area contributed by atoms with E-state index in [0.717, 1.165) is 37.7 Å². The Morgan fingerprint density at radius 3 is 2.45 bits per heavy atom. The molecule has 0 unspecified atom stereocenters. The lowest BCUT2D eigenvalue weighted by atomic mass is 10.0. The highest BCUT2D eigenvalue weighted by Crippen LogP contribution is 2.23. The maximum absolute atomic E-state index is 5.95. The molecule has 1 N–H and O–H groups in total. The molecule has 0 spiro atoms. The quantitative estimate of drug-likeness (QED) is 0.930. The van der Waals surface area contributed by atoms with Crippen LogP contribution in [0.2, 0.25) is 5.02 Å². The summed E-state index contributed by atoms with van der Waals surface area (Å²) in [6.45, 7) is 5.48. The summed E-state index contributed by atoms with van der Waals surface area (Å²) in [5.74, 6) is 0. The van der Waals surface area contributed by atoms with Crippen molar-refractivity contribution in [3.8, 4) is 11.1 Å². The van der Waals surface area contributed by atoms with E-state index in [0.29, 0.717) is 0 Å². The third kappa shape index (κ3) is 3.40. The maximum Gasteiger partial charge on any atom is 0.0406 e. The van der Waals surface area contributed by atoms with E-state index in [1.807, 2.05) is 12.1 Å².